The molecule has 0 atom stereocenters. The Hall–Kier alpha value is -3.67. The Morgan fingerprint density at radius 2 is 1.78 bits per heavy atom. The number of para-hydroxylation sites is 1. The second-order valence-corrected chi connectivity index (χ2v) is 6.14. The summed E-state index contributed by atoms with van der Waals surface area (Å²) in [6, 6.07) is 17.9. The van der Waals surface area contributed by atoms with Crippen LogP contribution in [0.4, 0.5) is 5.69 Å². The van der Waals surface area contributed by atoms with Gasteiger partial charge in [-0.2, -0.15) is 0 Å². The van der Waals surface area contributed by atoms with Crippen LogP contribution in [0.2, 0.25) is 0 Å². The molecule has 6 heteroatoms. The number of ether oxygens (including phenoxy) is 1. The molecule has 0 radical (unpaired) electrons. The minimum absolute atomic E-state index is 0.0294. The zero-order chi connectivity index (χ0) is 18.8. The number of carbonyl (C=O) groups is 1. The van der Waals surface area contributed by atoms with Crippen LogP contribution in [-0.2, 0) is 22.6 Å². The number of carbonyl (C=O) groups excluding carboxylic acids is 1. The summed E-state index contributed by atoms with van der Waals surface area (Å²) in [4.78, 5) is 22.9. The van der Waals surface area contributed by atoms with Crippen LogP contribution in [0.3, 0.4) is 0 Å². The normalized spacial score (nSPS) is 11.0. The second kappa shape index (κ2) is 6.92. The Bertz CT molecular complexity index is 1160. The van der Waals surface area contributed by atoms with Gasteiger partial charge in [0.25, 0.3) is 5.69 Å². The summed E-state index contributed by atoms with van der Waals surface area (Å²) >= 11 is 0. The molecule has 0 bridgehead atoms. The highest BCUT2D eigenvalue weighted by Gasteiger charge is 2.17. The summed E-state index contributed by atoms with van der Waals surface area (Å²) in [5.41, 5.74) is 1.73. The fourth-order valence-corrected chi connectivity index (χ4v) is 3.18. The molecule has 3 aromatic carbocycles. The van der Waals surface area contributed by atoms with Crippen molar-refractivity contribution in [2.75, 3.05) is 0 Å². The van der Waals surface area contributed by atoms with E-state index in [0.717, 1.165) is 21.7 Å². The minimum atomic E-state index is -0.487. The molecule has 0 amide bonds. The predicted molar refractivity (Wildman–Crippen MR) is 100 cm³/mol. The highest BCUT2D eigenvalue weighted by Crippen LogP contribution is 2.30. The van der Waals surface area contributed by atoms with Crippen LogP contribution < -0.4 is 0 Å². The average molecular weight is 361 g/mol. The molecular formula is C21H15NO5. The Kier molecular flexibility index (Phi) is 4.30. The fraction of sp³-hybridized carbons (Fsp3) is 0.0952. The van der Waals surface area contributed by atoms with E-state index in [0.29, 0.717) is 11.1 Å². The molecule has 4 aromatic rings. The van der Waals surface area contributed by atoms with E-state index in [1.54, 1.807) is 24.5 Å². The van der Waals surface area contributed by atoms with Gasteiger partial charge in [-0.05, 0) is 22.9 Å². The minimum Gasteiger partial charge on any atom is -0.464 e. The summed E-state index contributed by atoms with van der Waals surface area (Å²) in [6.07, 6.45) is 1.59. The first kappa shape index (κ1) is 16.8. The number of nitro groups is 1. The van der Waals surface area contributed by atoms with Crippen LogP contribution in [0.15, 0.2) is 71.3 Å². The van der Waals surface area contributed by atoms with Gasteiger partial charge in [-0.15, -0.1) is 0 Å². The van der Waals surface area contributed by atoms with Gasteiger partial charge in [0.05, 0.1) is 23.2 Å². The predicted octanol–water partition coefficient (Wildman–Crippen LogP) is 4.78. The van der Waals surface area contributed by atoms with Crippen LogP contribution in [0.25, 0.3) is 21.7 Å². The number of hydrogen-bond acceptors (Lipinski definition) is 5. The third-order valence-corrected chi connectivity index (χ3v) is 4.45. The molecule has 0 spiro atoms. The highest BCUT2D eigenvalue weighted by atomic mass is 16.6. The van der Waals surface area contributed by atoms with E-state index in [-0.39, 0.29) is 18.7 Å². The van der Waals surface area contributed by atoms with Crippen LogP contribution in [0, 0.1) is 10.1 Å². The van der Waals surface area contributed by atoms with E-state index in [1.165, 1.54) is 6.07 Å². The fourth-order valence-electron chi connectivity index (χ4n) is 3.18. The maximum absolute atomic E-state index is 12.3. The summed E-state index contributed by atoms with van der Waals surface area (Å²) < 4.78 is 10.8. The lowest BCUT2D eigenvalue weighted by Crippen LogP contribution is -2.08. The molecule has 0 saturated carbocycles. The van der Waals surface area contributed by atoms with Crippen molar-refractivity contribution in [1.82, 2.24) is 0 Å². The summed E-state index contributed by atoms with van der Waals surface area (Å²) in [7, 11) is 0. The van der Waals surface area contributed by atoms with Crippen molar-refractivity contribution >= 4 is 33.4 Å². The highest BCUT2D eigenvalue weighted by molar-refractivity contribution is 6.08. The third-order valence-electron chi connectivity index (χ3n) is 4.45. The van der Waals surface area contributed by atoms with Crippen molar-refractivity contribution in [1.29, 1.82) is 0 Å². The smallest absolute Gasteiger partial charge is 0.310 e. The van der Waals surface area contributed by atoms with Gasteiger partial charge in [0.15, 0.2) is 0 Å². The number of benzene rings is 3. The molecular weight excluding hydrogens is 346 g/mol. The molecule has 0 fully saturated rings. The number of fused-ring (bicyclic) bond motifs is 3. The van der Waals surface area contributed by atoms with Crippen molar-refractivity contribution in [2.24, 2.45) is 0 Å². The van der Waals surface area contributed by atoms with Gasteiger partial charge >= 0.3 is 5.97 Å². The number of hydrogen-bond donors (Lipinski definition) is 0. The Morgan fingerprint density at radius 1 is 1.00 bits per heavy atom. The molecule has 0 saturated heterocycles. The Labute approximate surface area is 154 Å². The van der Waals surface area contributed by atoms with Gasteiger partial charge in [0.1, 0.15) is 12.2 Å². The number of furan rings is 1. The molecule has 0 aliphatic carbocycles. The van der Waals surface area contributed by atoms with Crippen LogP contribution in [0.5, 0.6) is 0 Å². The zero-order valence-corrected chi connectivity index (χ0v) is 14.3. The van der Waals surface area contributed by atoms with Crippen molar-refractivity contribution in [2.45, 2.75) is 13.0 Å². The summed E-state index contributed by atoms with van der Waals surface area (Å²) in [6.45, 7) is -0.146. The molecule has 1 heterocycles. The molecule has 0 N–H and O–H groups in total. The molecule has 134 valence electrons. The average Bonchev–Trinajstić information content (AvgIpc) is 3.10. The van der Waals surface area contributed by atoms with Crippen LogP contribution in [-0.4, -0.2) is 10.9 Å². The lowest BCUT2D eigenvalue weighted by Gasteiger charge is -2.06. The van der Waals surface area contributed by atoms with E-state index >= 15 is 0 Å². The second-order valence-electron chi connectivity index (χ2n) is 6.14. The molecule has 1 aromatic heterocycles. The van der Waals surface area contributed by atoms with Crippen molar-refractivity contribution in [3.8, 4) is 0 Å². The maximum atomic E-state index is 12.3. The monoisotopic (exact) mass is 361 g/mol. The Balaban J connectivity index is 1.56. The topological polar surface area (TPSA) is 82.6 Å². The van der Waals surface area contributed by atoms with Gasteiger partial charge in [0.2, 0.25) is 0 Å². The molecule has 4 rings (SSSR count). The molecule has 0 aliphatic heterocycles. The number of rotatable bonds is 5. The molecule has 0 aliphatic rings. The van der Waals surface area contributed by atoms with Crippen molar-refractivity contribution in [3.05, 3.63) is 88.2 Å². The van der Waals surface area contributed by atoms with E-state index in [9.17, 15) is 14.9 Å². The Morgan fingerprint density at radius 3 is 2.63 bits per heavy atom. The molecule has 6 nitrogen and oxygen atoms in total. The van der Waals surface area contributed by atoms with E-state index in [4.69, 9.17) is 9.15 Å². The van der Waals surface area contributed by atoms with Crippen molar-refractivity contribution in [3.63, 3.8) is 0 Å². The van der Waals surface area contributed by atoms with E-state index in [2.05, 4.69) is 0 Å². The van der Waals surface area contributed by atoms with Gasteiger partial charge < -0.3 is 9.15 Å². The van der Waals surface area contributed by atoms with Gasteiger partial charge in [-0.25, -0.2) is 0 Å². The quantitative estimate of drug-likeness (QED) is 0.290. The van der Waals surface area contributed by atoms with Crippen LogP contribution in [0.1, 0.15) is 11.1 Å². The lowest BCUT2D eigenvalue weighted by molar-refractivity contribution is -0.385. The molecule has 27 heavy (non-hydrogen) atoms. The largest absolute Gasteiger partial charge is 0.464 e. The van der Waals surface area contributed by atoms with Gasteiger partial charge in [-0.3, -0.25) is 14.9 Å². The van der Waals surface area contributed by atoms with E-state index in [1.807, 2.05) is 36.4 Å². The first-order valence-corrected chi connectivity index (χ1v) is 8.39. The summed E-state index contributed by atoms with van der Waals surface area (Å²) in [5.74, 6) is -0.469. The first-order chi connectivity index (χ1) is 13.1. The molecule has 0 unspecified atom stereocenters. The number of esters is 1. The van der Waals surface area contributed by atoms with E-state index < -0.39 is 10.9 Å². The number of nitro benzene ring substituents is 1. The van der Waals surface area contributed by atoms with Gasteiger partial charge in [0, 0.05) is 17.0 Å². The van der Waals surface area contributed by atoms with Crippen molar-refractivity contribution < 1.29 is 18.9 Å². The standard InChI is InChI=1S/C21H15NO5/c23-20(27-12-15-6-2-4-8-18(15)22(24)25)11-16-13-26-19-10-9-14-5-1-3-7-17(14)21(16)19/h1-10,13H,11-12H2. The maximum Gasteiger partial charge on any atom is 0.310 e. The van der Waals surface area contributed by atoms with Gasteiger partial charge in [-0.1, -0.05) is 42.5 Å². The SMILES string of the molecule is O=C(Cc1coc2ccc3ccccc3c12)OCc1ccccc1[N+](=O)[O-]. The zero-order valence-electron chi connectivity index (χ0n) is 14.3. The third kappa shape index (κ3) is 3.25. The number of nitrogens with zero attached hydrogens (tertiary/aromatic N) is 1. The summed E-state index contributed by atoms with van der Waals surface area (Å²) in [5, 5.41) is 14.0. The first-order valence-electron chi connectivity index (χ1n) is 8.39. The lowest BCUT2D eigenvalue weighted by atomic mass is 10.0. The van der Waals surface area contributed by atoms with Crippen LogP contribution >= 0.6 is 0 Å².